The minimum atomic E-state index is -0.811. The third-order valence-corrected chi connectivity index (χ3v) is 3.57. The van der Waals surface area contributed by atoms with E-state index in [-0.39, 0.29) is 18.1 Å². The van der Waals surface area contributed by atoms with Gasteiger partial charge < -0.3 is 20.1 Å². The molecule has 0 bridgehead atoms. The monoisotopic (exact) mass is 242 g/mol. The number of nitrogens with one attached hydrogen (secondary N) is 1. The van der Waals surface area contributed by atoms with E-state index in [1.807, 2.05) is 0 Å². The highest BCUT2D eigenvalue weighted by Gasteiger charge is 2.37. The van der Waals surface area contributed by atoms with Crippen molar-refractivity contribution in [3.05, 3.63) is 0 Å². The summed E-state index contributed by atoms with van der Waals surface area (Å²) in [6, 6.07) is -0.215. The Morgan fingerprint density at radius 3 is 2.76 bits per heavy atom. The van der Waals surface area contributed by atoms with Crippen molar-refractivity contribution in [1.29, 1.82) is 0 Å². The molecule has 0 saturated carbocycles. The molecule has 2 N–H and O–H groups in total. The predicted octanol–water partition coefficient (Wildman–Crippen LogP) is -0.704. The van der Waals surface area contributed by atoms with Crippen LogP contribution in [-0.2, 0) is 14.3 Å². The van der Waals surface area contributed by atoms with Gasteiger partial charge in [0.1, 0.15) is 0 Å². The molecule has 2 aliphatic rings. The summed E-state index contributed by atoms with van der Waals surface area (Å²) in [6.07, 6.45) is 1.31. The first-order valence-electron chi connectivity index (χ1n) is 5.89. The van der Waals surface area contributed by atoms with Crippen molar-refractivity contribution in [1.82, 2.24) is 10.2 Å². The van der Waals surface area contributed by atoms with Crippen LogP contribution in [0.2, 0.25) is 0 Å². The number of rotatable bonds is 3. The standard InChI is InChI=1S/C11H18N2O4/c1-17-8-4-9(12-5-8)10(14)13-3-2-7(6-13)11(15)16/h7-9,12H,2-6H2,1H3,(H,15,16). The summed E-state index contributed by atoms with van der Waals surface area (Å²) in [5.41, 5.74) is 0. The van der Waals surface area contributed by atoms with E-state index in [1.54, 1.807) is 12.0 Å². The number of carboxylic acids is 1. The molecule has 0 aromatic heterocycles. The number of hydrogen-bond acceptors (Lipinski definition) is 4. The Bertz CT molecular complexity index is 321. The van der Waals surface area contributed by atoms with Crippen LogP contribution in [0.1, 0.15) is 12.8 Å². The molecule has 2 aliphatic heterocycles. The molecule has 17 heavy (non-hydrogen) atoms. The zero-order valence-electron chi connectivity index (χ0n) is 9.89. The number of carbonyl (C=O) groups excluding carboxylic acids is 1. The summed E-state index contributed by atoms with van der Waals surface area (Å²) in [5, 5.41) is 12.0. The van der Waals surface area contributed by atoms with Crippen LogP contribution in [0, 0.1) is 5.92 Å². The first kappa shape index (κ1) is 12.3. The lowest BCUT2D eigenvalue weighted by Crippen LogP contribution is -2.42. The maximum atomic E-state index is 12.1. The van der Waals surface area contributed by atoms with Gasteiger partial charge in [0, 0.05) is 26.7 Å². The Hall–Kier alpha value is -1.14. The number of hydrogen-bond donors (Lipinski definition) is 2. The fourth-order valence-electron chi connectivity index (χ4n) is 2.45. The lowest BCUT2D eigenvalue weighted by Gasteiger charge is -2.20. The first-order chi connectivity index (χ1) is 8.11. The molecule has 2 fully saturated rings. The fraction of sp³-hybridized carbons (Fsp3) is 0.818. The minimum absolute atomic E-state index is 0.00769. The fourth-order valence-corrected chi connectivity index (χ4v) is 2.45. The third-order valence-electron chi connectivity index (χ3n) is 3.57. The molecule has 6 heteroatoms. The Kier molecular flexibility index (Phi) is 3.63. The molecule has 0 spiro atoms. The summed E-state index contributed by atoms with van der Waals surface area (Å²) in [6.45, 7) is 1.57. The quantitative estimate of drug-likeness (QED) is 0.684. The SMILES string of the molecule is COC1CNC(C(=O)N2CCC(C(=O)O)C2)C1. The molecular formula is C11H18N2O4. The largest absolute Gasteiger partial charge is 0.481 e. The molecule has 0 radical (unpaired) electrons. The summed E-state index contributed by atoms with van der Waals surface area (Å²) >= 11 is 0. The average Bonchev–Trinajstić information content (AvgIpc) is 2.97. The highest BCUT2D eigenvalue weighted by molar-refractivity contribution is 5.83. The Morgan fingerprint density at radius 1 is 1.47 bits per heavy atom. The molecule has 3 atom stereocenters. The minimum Gasteiger partial charge on any atom is -0.481 e. The number of likely N-dealkylation sites (tertiary alicyclic amines) is 1. The zero-order chi connectivity index (χ0) is 12.4. The lowest BCUT2D eigenvalue weighted by atomic mass is 10.1. The van der Waals surface area contributed by atoms with Crippen LogP contribution in [0.4, 0.5) is 0 Å². The Morgan fingerprint density at radius 2 is 2.24 bits per heavy atom. The van der Waals surface area contributed by atoms with E-state index in [9.17, 15) is 9.59 Å². The van der Waals surface area contributed by atoms with Crippen LogP contribution in [0.25, 0.3) is 0 Å². The summed E-state index contributed by atoms with van der Waals surface area (Å²) in [5.74, 6) is -1.21. The molecule has 6 nitrogen and oxygen atoms in total. The highest BCUT2D eigenvalue weighted by Crippen LogP contribution is 2.20. The van der Waals surface area contributed by atoms with Crippen molar-refractivity contribution in [2.24, 2.45) is 5.92 Å². The number of methoxy groups -OCH3 is 1. The predicted molar refractivity (Wildman–Crippen MR) is 59.5 cm³/mol. The normalized spacial score (nSPS) is 33.0. The molecule has 0 aromatic rings. The van der Waals surface area contributed by atoms with Crippen LogP contribution < -0.4 is 5.32 Å². The van der Waals surface area contributed by atoms with Gasteiger partial charge in [-0.2, -0.15) is 0 Å². The van der Waals surface area contributed by atoms with Crippen LogP contribution in [0.5, 0.6) is 0 Å². The third kappa shape index (κ3) is 2.58. The van der Waals surface area contributed by atoms with Gasteiger partial charge in [-0.05, 0) is 12.8 Å². The number of ether oxygens (including phenoxy) is 1. The van der Waals surface area contributed by atoms with E-state index in [2.05, 4.69) is 5.32 Å². The van der Waals surface area contributed by atoms with E-state index in [4.69, 9.17) is 9.84 Å². The van der Waals surface area contributed by atoms with Crippen LogP contribution in [0.15, 0.2) is 0 Å². The van der Waals surface area contributed by atoms with Crippen LogP contribution in [-0.4, -0.2) is 60.8 Å². The zero-order valence-corrected chi connectivity index (χ0v) is 9.89. The van der Waals surface area contributed by atoms with E-state index in [1.165, 1.54) is 0 Å². The van der Waals surface area contributed by atoms with Crippen molar-refractivity contribution in [3.8, 4) is 0 Å². The van der Waals surface area contributed by atoms with Crippen LogP contribution in [0.3, 0.4) is 0 Å². The van der Waals surface area contributed by atoms with E-state index < -0.39 is 11.9 Å². The smallest absolute Gasteiger partial charge is 0.308 e. The summed E-state index contributed by atoms with van der Waals surface area (Å²) in [7, 11) is 1.63. The maximum Gasteiger partial charge on any atom is 0.308 e. The molecule has 96 valence electrons. The van der Waals surface area contributed by atoms with Gasteiger partial charge in [-0.3, -0.25) is 9.59 Å². The Balaban J connectivity index is 1.87. The van der Waals surface area contributed by atoms with Crippen molar-refractivity contribution in [2.45, 2.75) is 25.0 Å². The van der Waals surface area contributed by atoms with Gasteiger partial charge in [0.2, 0.25) is 5.91 Å². The number of nitrogens with zero attached hydrogens (tertiary/aromatic N) is 1. The molecule has 1 amide bonds. The molecule has 0 aliphatic carbocycles. The van der Waals surface area contributed by atoms with Gasteiger partial charge in [-0.25, -0.2) is 0 Å². The van der Waals surface area contributed by atoms with Gasteiger partial charge in [0.15, 0.2) is 0 Å². The van der Waals surface area contributed by atoms with Crippen molar-refractivity contribution in [2.75, 3.05) is 26.7 Å². The second kappa shape index (κ2) is 5.01. The average molecular weight is 242 g/mol. The number of amides is 1. The van der Waals surface area contributed by atoms with Crippen LogP contribution >= 0.6 is 0 Å². The van der Waals surface area contributed by atoms with Gasteiger partial charge in [-0.1, -0.05) is 0 Å². The number of aliphatic carboxylic acids is 1. The van der Waals surface area contributed by atoms with Gasteiger partial charge in [0.25, 0.3) is 0 Å². The van der Waals surface area contributed by atoms with E-state index >= 15 is 0 Å². The number of carboxylic acid groups (broad SMARTS) is 1. The van der Waals surface area contributed by atoms with Crippen molar-refractivity contribution >= 4 is 11.9 Å². The molecule has 3 unspecified atom stereocenters. The van der Waals surface area contributed by atoms with Crippen molar-refractivity contribution < 1.29 is 19.4 Å². The summed E-state index contributed by atoms with van der Waals surface area (Å²) in [4.78, 5) is 24.6. The number of carbonyl (C=O) groups is 2. The Labute approximate surface area is 99.9 Å². The molecule has 0 aromatic carbocycles. The van der Waals surface area contributed by atoms with E-state index in [0.717, 1.165) is 0 Å². The second-order valence-electron chi connectivity index (χ2n) is 4.66. The molecular weight excluding hydrogens is 224 g/mol. The van der Waals surface area contributed by atoms with Crippen molar-refractivity contribution in [3.63, 3.8) is 0 Å². The lowest BCUT2D eigenvalue weighted by molar-refractivity contribution is -0.141. The van der Waals surface area contributed by atoms with E-state index in [0.29, 0.717) is 32.5 Å². The highest BCUT2D eigenvalue weighted by atomic mass is 16.5. The summed E-state index contributed by atoms with van der Waals surface area (Å²) < 4.78 is 5.19. The molecule has 2 heterocycles. The molecule has 2 saturated heterocycles. The second-order valence-corrected chi connectivity index (χ2v) is 4.66. The first-order valence-corrected chi connectivity index (χ1v) is 5.89. The van der Waals surface area contributed by atoms with Gasteiger partial charge >= 0.3 is 5.97 Å². The van der Waals surface area contributed by atoms with Gasteiger partial charge in [-0.15, -0.1) is 0 Å². The van der Waals surface area contributed by atoms with Gasteiger partial charge in [0.05, 0.1) is 18.1 Å². The molecule has 2 rings (SSSR count). The topological polar surface area (TPSA) is 78.9 Å². The maximum absolute atomic E-state index is 12.1.